The molecule has 0 spiro atoms. The predicted octanol–water partition coefficient (Wildman–Crippen LogP) is 3.04. The molecule has 1 rings (SSSR count). The van der Waals surface area contributed by atoms with Crippen LogP contribution in [-0.4, -0.2) is 18.6 Å². The SMILES string of the molecule is CCCCNC(=O)C(C)Oc1ccc(Cl)cc1[C@H](C)N. The highest BCUT2D eigenvalue weighted by Crippen LogP contribution is 2.28. The summed E-state index contributed by atoms with van der Waals surface area (Å²) in [6, 6.07) is 5.03. The second-order valence-corrected chi connectivity index (χ2v) is 5.31. The number of halogens is 1. The molecule has 0 aromatic heterocycles. The van der Waals surface area contributed by atoms with Crippen LogP contribution in [0.5, 0.6) is 5.75 Å². The van der Waals surface area contributed by atoms with Gasteiger partial charge in [0.1, 0.15) is 5.75 Å². The van der Waals surface area contributed by atoms with Gasteiger partial charge in [-0.25, -0.2) is 0 Å². The second-order valence-electron chi connectivity index (χ2n) is 4.88. The van der Waals surface area contributed by atoms with Gasteiger partial charge in [-0.15, -0.1) is 0 Å². The van der Waals surface area contributed by atoms with E-state index in [-0.39, 0.29) is 11.9 Å². The molecule has 0 bridgehead atoms. The predicted molar refractivity (Wildman–Crippen MR) is 82.1 cm³/mol. The van der Waals surface area contributed by atoms with E-state index in [1.165, 1.54) is 0 Å². The number of benzene rings is 1. The summed E-state index contributed by atoms with van der Waals surface area (Å²) >= 11 is 5.95. The van der Waals surface area contributed by atoms with E-state index in [1.54, 1.807) is 25.1 Å². The van der Waals surface area contributed by atoms with Crippen molar-refractivity contribution in [3.63, 3.8) is 0 Å². The first-order valence-electron chi connectivity index (χ1n) is 6.95. The molecule has 0 radical (unpaired) electrons. The highest BCUT2D eigenvalue weighted by Gasteiger charge is 2.17. The Morgan fingerprint density at radius 3 is 2.75 bits per heavy atom. The van der Waals surface area contributed by atoms with Gasteiger partial charge < -0.3 is 15.8 Å². The van der Waals surface area contributed by atoms with Crippen LogP contribution in [0.4, 0.5) is 0 Å². The monoisotopic (exact) mass is 298 g/mol. The first-order valence-corrected chi connectivity index (χ1v) is 7.32. The summed E-state index contributed by atoms with van der Waals surface area (Å²) in [4.78, 5) is 11.9. The summed E-state index contributed by atoms with van der Waals surface area (Å²) in [5.41, 5.74) is 6.69. The Labute approximate surface area is 125 Å². The Morgan fingerprint density at radius 1 is 1.45 bits per heavy atom. The van der Waals surface area contributed by atoms with E-state index < -0.39 is 6.10 Å². The summed E-state index contributed by atoms with van der Waals surface area (Å²) < 4.78 is 5.70. The lowest BCUT2D eigenvalue weighted by Gasteiger charge is -2.19. The fourth-order valence-electron chi connectivity index (χ4n) is 1.76. The van der Waals surface area contributed by atoms with Crippen molar-refractivity contribution in [2.45, 2.75) is 45.8 Å². The number of hydrogen-bond acceptors (Lipinski definition) is 3. The van der Waals surface area contributed by atoms with Crippen LogP contribution < -0.4 is 15.8 Å². The van der Waals surface area contributed by atoms with Crippen molar-refractivity contribution >= 4 is 17.5 Å². The fraction of sp³-hybridized carbons (Fsp3) is 0.533. The third kappa shape index (κ3) is 5.02. The largest absolute Gasteiger partial charge is 0.481 e. The zero-order valence-electron chi connectivity index (χ0n) is 12.3. The molecular formula is C15H23ClN2O2. The molecule has 0 aliphatic rings. The van der Waals surface area contributed by atoms with Crippen LogP contribution in [0.2, 0.25) is 5.02 Å². The van der Waals surface area contributed by atoms with Gasteiger partial charge in [0.15, 0.2) is 6.10 Å². The maximum atomic E-state index is 11.9. The molecule has 0 saturated heterocycles. The molecule has 1 unspecified atom stereocenters. The van der Waals surface area contributed by atoms with Gasteiger partial charge in [0.25, 0.3) is 5.91 Å². The average molecular weight is 299 g/mol. The van der Waals surface area contributed by atoms with Gasteiger partial charge in [-0.1, -0.05) is 24.9 Å². The minimum atomic E-state index is -0.564. The van der Waals surface area contributed by atoms with Crippen molar-refractivity contribution in [3.8, 4) is 5.75 Å². The number of nitrogens with one attached hydrogen (secondary N) is 1. The minimum Gasteiger partial charge on any atom is -0.481 e. The van der Waals surface area contributed by atoms with Crippen LogP contribution in [0.1, 0.15) is 45.2 Å². The molecule has 0 aliphatic heterocycles. The Morgan fingerprint density at radius 2 is 2.15 bits per heavy atom. The average Bonchev–Trinajstić information content (AvgIpc) is 2.40. The first kappa shape index (κ1) is 16.8. The Balaban J connectivity index is 2.70. The van der Waals surface area contributed by atoms with E-state index in [0.29, 0.717) is 17.3 Å². The molecular weight excluding hydrogens is 276 g/mol. The number of unbranched alkanes of at least 4 members (excludes halogenated alkanes) is 1. The third-order valence-corrected chi connectivity index (χ3v) is 3.20. The van der Waals surface area contributed by atoms with Gasteiger partial charge in [0.2, 0.25) is 0 Å². The number of amides is 1. The highest BCUT2D eigenvalue weighted by atomic mass is 35.5. The molecule has 20 heavy (non-hydrogen) atoms. The first-order chi connectivity index (χ1) is 9.45. The van der Waals surface area contributed by atoms with Crippen LogP contribution >= 0.6 is 11.6 Å². The van der Waals surface area contributed by atoms with E-state index in [0.717, 1.165) is 18.4 Å². The van der Waals surface area contributed by atoms with Crippen molar-refractivity contribution in [3.05, 3.63) is 28.8 Å². The van der Waals surface area contributed by atoms with Crippen molar-refractivity contribution in [2.24, 2.45) is 5.73 Å². The van der Waals surface area contributed by atoms with Gasteiger partial charge >= 0.3 is 0 Å². The zero-order valence-corrected chi connectivity index (χ0v) is 13.0. The van der Waals surface area contributed by atoms with Gasteiger partial charge in [0, 0.05) is 23.2 Å². The summed E-state index contributed by atoms with van der Waals surface area (Å²) in [6.07, 6.45) is 1.44. The van der Waals surface area contributed by atoms with Crippen molar-refractivity contribution in [2.75, 3.05) is 6.54 Å². The number of nitrogens with two attached hydrogens (primary N) is 1. The number of rotatable bonds is 7. The molecule has 112 valence electrons. The van der Waals surface area contributed by atoms with Crippen molar-refractivity contribution in [1.29, 1.82) is 0 Å². The normalized spacial score (nSPS) is 13.7. The van der Waals surface area contributed by atoms with Crippen LogP contribution in [-0.2, 0) is 4.79 Å². The molecule has 0 saturated carbocycles. The van der Waals surface area contributed by atoms with Crippen LogP contribution in [0.3, 0.4) is 0 Å². The Bertz CT molecular complexity index is 449. The number of ether oxygens (including phenoxy) is 1. The van der Waals surface area contributed by atoms with Gasteiger partial charge in [-0.3, -0.25) is 4.79 Å². The lowest BCUT2D eigenvalue weighted by Crippen LogP contribution is -2.37. The molecule has 0 heterocycles. The summed E-state index contributed by atoms with van der Waals surface area (Å²) in [6.45, 7) is 6.32. The number of carbonyl (C=O) groups excluding carboxylic acids is 1. The van der Waals surface area contributed by atoms with E-state index in [1.807, 2.05) is 6.92 Å². The molecule has 5 heteroatoms. The molecule has 1 aromatic carbocycles. The maximum absolute atomic E-state index is 11.9. The molecule has 3 N–H and O–H groups in total. The maximum Gasteiger partial charge on any atom is 0.260 e. The minimum absolute atomic E-state index is 0.121. The smallest absolute Gasteiger partial charge is 0.260 e. The number of hydrogen-bond donors (Lipinski definition) is 2. The van der Waals surface area contributed by atoms with Crippen LogP contribution in [0, 0.1) is 0 Å². The molecule has 1 amide bonds. The lowest BCUT2D eigenvalue weighted by molar-refractivity contribution is -0.127. The molecule has 0 fully saturated rings. The molecule has 1 aromatic rings. The van der Waals surface area contributed by atoms with E-state index in [4.69, 9.17) is 22.1 Å². The van der Waals surface area contributed by atoms with Gasteiger partial charge in [-0.05, 0) is 38.5 Å². The van der Waals surface area contributed by atoms with Crippen molar-refractivity contribution < 1.29 is 9.53 Å². The summed E-state index contributed by atoms with van der Waals surface area (Å²) in [5.74, 6) is 0.478. The van der Waals surface area contributed by atoms with E-state index in [2.05, 4.69) is 12.2 Å². The summed E-state index contributed by atoms with van der Waals surface area (Å²) in [5, 5.41) is 3.44. The highest BCUT2D eigenvalue weighted by molar-refractivity contribution is 6.30. The van der Waals surface area contributed by atoms with E-state index >= 15 is 0 Å². The molecule has 2 atom stereocenters. The lowest BCUT2D eigenvalue weighted by atomic mass is 10.1. The Hall–Kier alpha value is -1.26. The Kier molecular flexibility index (Phi) is 6.82. The third-order valence-electron chi connectivity index (χ3n) is 2.96. The quantitative estimate of drug-likeness (QED) is 0.761. The summed E-state index contributed by atoms with van der Waals surface area (Å²) in [7, 11) is 0. The zero-order chi connectivity index (χ0) is 15.1. The van der Waals surface area contributed by atoms with Gasteiger partial charge in [-0.2, -0.15) is 0 Å². The fourth-order valence-corrected chi connectivity index (χ4v) is 1.94. The van der Waals surface area contributed by atoms with Gasteiger partial charge in [0.05, 0.1) is 0 Å². The molecule has 0 aliphatic carbocycles. The van der Waals surface area contributed by atoms with E-state index in [9.17, 15) is 4.79 Å². The second kappa shape index (κ2) is 8.12. The topological polar surface area (TPSA) is 64.3 Å². The van der Waals surface area contributed by atoms with Crippen LogP contribution in [0.25, 0.3) is 0 Å². The van der Waals surface area contributed by atoms with Crippen LogP contribution in [0.15, 0.2) is 18.2 Å². The standard InChI is InChI=1S/C15H23ClN2O2/c1-4-5-8-18-15(19)11(3)20-14-7-6-12(16)9-13(14)10(2)17/h6-7,9-11H,4-5,8,17H2,1-3H3,(H,18,19)/t10-,11?/m0/s1. The molecule has 4 nitrogen and oxygen atoms in total. The van der Waals surface area contributed by atoms with Crippen molar-refractivity contribution in [1.82, 2.24) is 5.32 Å². The number of carbonyl (C=O) groups is 1.